The lowest BCUT2D eigenvalue weighted by atomic mass is 9.78. The molecule has 0 spiro atoms. The third-order valence-corrected chi connectivity index (χ3v) is 7.65. The predicted molar refractivity (Wildman–Crippen MR) is 138 cm³/mol. The summed E-state index contributed by atoms with van der Waals surface area (Å²) in [4.78, 5) is 43.9. The van der Waals surface area contributed by atoms with Gasteiger partial charge in [-0.2, -0.15) is 5.10 Å². The summed E-state index contributed by atoms with van der Waals surface area (Å²) in [5.74, 6) is -0.800. The second-order valence-electron chi connectivity index (χ2n) is 10.3. The number of carbonyl (C=O) groups excluding carboxylic acids is 1. The summed E-state index contributed by atoms with van der Waals surface area (Å²) in [5, 5.41) is 21.8. The van der Waals surface area contributed by atoms with Gasteiger partial charge in [0.25, 0.3) is 16.8 Å². The first kappa shape index (κ1) is 24.9. The summed E-state index contributed by atoms with van der Waals surface area (Å²) in [6, 6.07) is 1.19. The lowest BCUT2D eigenvalue weighted by molar-refractivity contribution is 0.0297. The lowest BCUT2D eigenvalue weighted by Gasteiger charge is -2.35. The van der Waals surface area contributed by atoms with Crippen LogP contribution in [0.5, 0.6) is 5.75 Å². The zero-order chi connectivity index (χ0) is 26.3. The molecule has 0 bridgehead atoms. The quantitative estimate of drug-likeness (QED) is 0.411. The van der Waals surface area contributed by atoms with Crippen LogP contribution in [0.1, 0.15) is 60.4 Å². The van der Waals surface area contributed by atoms with Crippen molar-refractivity contribution in [3.05, 3.63) is 55.9 Å². The highest BCUT2D eigenvalue weighted by molar-refractivity contribution is 5.97. The van der Waals surface area contributed by atoms with Crippen molar-refractivity contribution in [3.63, 3.8) is 0 Å². The highest BCUT2D eigenvalue weighted by atomic mass is 16.5. The van der Waals surface area contributed by atoms with Gasteiger partial charge in [0.15, 0.2) is 11.4 Å². The average molecular weight is 509 g/mol. The van der Waals surface area contributed by atoms with Gasteiger partial charge >= 0.3 is 0 Å². The molecule has 2 aliphatic rings. The van der Waals surface area contributed by atoms with E-state index < -0.39 is 16.8 Å². The molecule has 1 aliphatic heterocycles. The third-order valence-electron chi connectivity index (χ3n) is 7.65. The van der Waals surface area contributed by atoms with E-state index in [4.69, 9.17) is 4.74 Å². The van der Waals surface area contributed by atoms with Crippen molar-refractivity contribution in [2.75, 3.05) is 36.9 Å². The molecule has 3 heterocycles. The third kappa shape index (κ3) is 4.48. The molecule has 11 nitrogen and oxygen atoms in total. The van der Waals surface area contributed by atoms with Gasteiger partial charge in [0.2, 0.25) is 0 Å². The van der Waals surface area contributed by atoms with Crippen molar-refractivity contribution in [1.82, 2.24) is 19.7 Å². The molecule has 1 aromatic carbocycles. The van der Waals surface area contributed by atoms with E-state index in [1.807, 2.05) is 20.2 Å². The highest BCUT2D eigenvalue weighted by Gasteiger charge is 2.41. The maximum Gasteiger partial charge on any atom is 0.276 e. The molecule has 1 amide bonds. The van der Waals surface area contributed by atoms with Crippen molar-refractivity contribution >= 4 is 23.0 Å². The SMILES string of the molecule is Cc1cn(C)nc1C(Nc1c(Nc2ccnc(C(=O)N3CCOCC3)c2O)c(=O)c1=O)C1(C)CCCC1. The first-order chi connectivity index (χ1) is 17.7. The van der Waals surface area contributed by atoms with Crippen molar-refractivity contribution < 1.29 is 14.6 Å². The molecule has 2 fully saturated rings. The molecule has 196 valence electrons. The van der Waals surface area contributed by atoms with Gasteiger partial charge in [-0.15, -0.1) is 0 Å². The molecular formula is C26H32N6O5. The number of rotatable bonds is 7. The van der Waals surface area contributed by atoms with Crippen LogP contribution in [0.3, 0.4) is 0 Å². The summed E-state index contributed by atoms with van der Waals surface area (Å²) < 4.78 is 7.04. The molecule has 1 atom stereocenters. The van der Waals surface area contributed by atoms with Crippen LogP contribution in [-0.2, 0) is 11.8 Å². The Kier molecular flexibility index (Phi) is 6.49. The largest absolute Gasteiger partial charge is 0.504 e. The van der Waals surface area contributed by atoms with E-state index in [0.29, 0.717) is 26.3 Å². The van der Waals surface area contributed by atoms with E-state index in [1.54, 1.807) is 9.58 Å². The second-order valence-corrected chi connectivity index (χ2v) is 10.3. The van der Waals surface area contributed by atoms with Crippen molar-refractivity contribution in [3.8, 4) is 5.75 Å². The number of aryl methyl sites for hydroxylation is 2. The molecule has 3 aromatic rings. The van der Waals surface area contributed by atoms with Crippen LogP contribution in [0, 0.1) is 12.3 Å². The standard InChI is InChI=1S/C26H32N6O5/c1-15-14-31(3)30-17(15)24(26(2)7-4-5-8-26)29-19-18(22(34)23(19)35)28-16-6-9-27-20(21(16)33)25(36)32-10-12-37-13-11-32/h6,9,14,24,29,33H,4-5,7-8,10-13H2,1-3H3,(H,27,28). The summed E-state index contributed by atoms with van der Waals surface area (Å²) in [7, 11) is 1.86. The minimum Gasteiger partial charge on any atom is -0.504 e. The Morgan fingerprint density at radius 3 is 2.49 bits per heavy atom. The zero-order valence-electron chi connectivity index (χ0n) is 21.3. The van der Waals surface area contributed by atoms with Crippen LogP contribution in [0.4, 0.5) is 17.1 Å². The van der Waals surface area contributed by atoms with Gasteiger partial charge in [-0.1, -0.05) is 19.8 Å². The summed E-state index contributed by atoms with van der Waals surface area (Å²) in [6.07, 6.45) is 7.43. The summed E-state index contributed by atoms with van der Waals surface area (Å²) >= 11 is 0. The maximum absolute atomic E-state index is 12.9. The van der Waals surface area contributed by atoms with E-state index >= 15 is 0 Å². The van der Waals surface area contributed by atoms with Gasteiger partial charge in [0.05, 0.1) is 30.6 Å². The molecule has 1 saturated heterocycles. The molecular weight excluding hydrogens is 476 g/mol. The minimum absolute atomic E-state index is 0.0523. The normalized spacial score (nSPS) is 18.2. The average Bonchev–Trinajstić information content (AvgIpc) is 3.49. The highest BCUT2D eigenvalue weighted by Crippen LogP contribution is 2.49. The Labute approximate surface area is 214 Å². The number of pyridine rings is 1. The molecule has 11 heteroatoms. The summed E-state index contributed by atoms with van der Waals surface area (Å²) in [5.41, 5.74) is 0.596. The number of amides is 1. The first-order valence-corrected chi connectivity index (χ1v) is 12.6. The number of anilines is 3. The van der Waals surface area contributed by atoms with Gasteiger partial charge in [-0.25, -0.2) is 4.98 Å². The summed E-state index contributed by atoms with van der Waals surface area (Å²) in [6.45, 7) is 5.80. The molecule has 3 N–H and O–H groups in total. The van der Waals surface area contributed by atoms with Crippen LogP contribution in [-0.4, -0.2) is 57.0 Å². The predicted octanol–water partition coefficient (Wildman–Crippen LogP) is 2.37. The number of nitrogens with one attached hydrogen (secondary N) is 2. The van der Waals surface area contributed by atoms with E-state index in [1.165, 1.54) is 12.3 Å². The number of ether oxygens (including phenoxy) is 1. The Balaban J connectivity index is 1.45. The minimum atomic E-state index is -0.687. The number of morpholine rings is 1. The zero-order valence-corrected chi connectivity index (χ0v) is 21.3. The number of carbonyl (C=O) groups is 1. The smallest absolute Gasteiger partial charge is 0.276 e. The fourth-order valence-electron chi connectivity index (χ4n) is 5.51. The van der Waals surface area contributed by atoms with Crippen LogP contribution in [0.15, 0.2) is 28.0 Å². The monoisotopic (exact) mass is 508 g/mol. The number of nitrogens with zero attached hydrogens (tertiary/aromatic N) is 4. The second kappa shape index (κ2) is 9.62. The maximum atomic E-state index is 12.9. The Bertz CT molecular complexity index is 1390. The van der Waals surface area contributed by atoms with Crippen molar-refractivity contribution in [1.29, 1.82) is 0 Å². The van der Waals surface area contributed by atoms with Gasteiger partial charge in [0, 0.05) is 32.5 Å². The number of aromatic nitrogens is 3. The molecule has 0 radical (unpaired) electrons. The lowest BCUT2D eigenvalue weighted by Crippen LogP contribution is -2.41. The van der Waals surface area contributed by atoms with E-state index in [2.05, 4.69) is 27.6 Å². The number of hydrogen-bond donors (Lipinski definition) is 3. The molecule has 5 rings (SSSR count). The van der Waals surface area contributed by atoms with Gasteiger partial charge < -0.3 is 25.4 Å². The van der Waals surface area contributed by atoms with Gasteiger partial charge in [-0.05, 0) is 36.8 Å². The molecule has 1 saturated carbocycles. The van der Waals surface area contributed by atoms with Crippen molar-refractivity contribution in [2.24, 2.45) is 12.5 Å². The topological polar surface area (TPSA) is 139 Å². The van der Waals surface area contributed by atoms with E-state index in [0.717, 1.165) is 36.9 Å². The Morgan fingerprint density at radius 2 is 1.84 bits per heavy atom. The fraction of sp³-hybridized carbons (Fsp3) is 0.500. The van der Waals surface area contributed by atoms with Crippen LogP contribution in [0.2, 0.25) is 0 Å². The van der Waals surface area contributed by atoms with E-state index in [9.17, 15) is 19.5 Å². The first-order valence-electron chi connectivity index (χ1n) is 12.6. The van der Waals surface area contributed by atoms with Crippen LogP contribution < -0.4 is 21.5 Å². The molecule has 37 heavy (non-hydrogen) atoms. The Hall–Kier alpha value is -3.73. The van der Waals surface area contributed by atoms with Crippen LogP contribution in [0.25, 0.3) is 0 Å². The molecule has 2 aromatic heterocycles. The van der Waals surface area contributed by atoms with E-state index in [-0.39, 0.29) is 40.0 Å². The van der Waals surface area contributed by atoms with Gasteiger partial charge in [-0.3, -0.25) is 19.1 Å². The Morgan fingerprint density at radius 1 is 1.16 bits per heavy atom. The molecule has 1 unspecified atom stereocenters. The van der Waals surface area contributed by atoms with Crippen molar-refractivity contribution in [2.45, 2.75) is 45.6 Å². The number of hydrogen-bond acceptors (Lipinski definition) is 9. The number of aromatic hydroxyl groups is 1. The molecule has 1 aliphatic carbocycles. The van der Waals surface area contributed by atoms with Crippen LogP contribution >= 0.6 is 0 Å². The van der Waals surface area contributed by atoms with Gasteiger partial charge in [0.1, 0.15) is 11.4 Å². The fourth-order valence-corrected chi connectivity index (χ4v) is 5.51.